The summed E-state index contributed by atoms with van der Waals surface area (Å²) < 4.78 is 76.0. The molecule has 0 fully saturated rings. The van der Waals surface area contributed by atoms with Gasteiger partial charge in [0.1, 0.15) is 19.7 Å². The molecule has 0 unspecified atom stereocenters. The molecule has 0 aliphatic heterocycles. The number of esters is 1. The largest absolute Gasteiger partial charge is 0.449 e. The number of amides is 3. The number of hydrogen-bond donors (Lipinski definition) is 3. The fraction of sp³-hybridized carbons (Fsp3) is 0.185. The van der Waals surface area contributed by atoms with E-state index in [0.717, 1.165) is 22.3 Å². The Morgan fingerprint density at radius 3 is 1.66 bits per heavy atom. The summed E-state index contributed by atoms with van der Waals surface area (Å²) in [7, 11) is 0. The number of hydrogen-bond acceptors (Lipinski definition) is 6. The van der Waals surface area contributed by atoms with Crippen LogP contribution >= 0.6 is 0 Å². The molecule has 0 atom stereocenters. The zero-order valence-corrected chi connectivity index (χ0v) is 20.9. The predicted octanol–water partition coefficient (Wildman–Crippen LogP) is 3.06. The second kappa shape index (κ2) is 12.4. The van der Waals surface area contributed by atoms with Crippen LogP contribution in [-0.2, 0) is 19.1 Å². The van der Waals surface area contributed by atoms with Gasteiger partial charge in [-0.15, -0.1) is 0 Å². The highest BCUT2D eigenvalue weighted by atomic mass is 19.2. The fourth-order valence-corrected chi connectivity index (χ4v) is 4.10. The Kier molecular flexibility index (Phi) is 8.80. The van der Waals surface area contributed by atoms with E-state index in [1.165, 1.54) is 0 Å². The van der Waals surface area contributed by atoms with Crippen LogP contribution in [0.5, 0.6) is 5.75 Å². The second-order valence-electron chi connectivity index (χ2n) is 8.61. The minimum Gasteiger partial charge on any atom is -0.449 e. The quantitative estimate of drug-likeness (QED) is 0.118. The molecule has 9 nitrogen and oxygen atoms in total. The molecule has 0 heterocycles. The lowest BCUT2D eigenvalue weighted by Crippen LogP contribution is -2.43. The molecule has 1 aliphatic rings. The first kappa shape index (κ1) is 29.0. The van der Waals surface area contributed by atoms with Crippen molar-refractivity contribution in [2.75, 3.05) is 26.2 Å². The minimum atomic E-state index is -2.43. The highest BCUT2D eigenvalue weighted by Gasteiger charge is 2.30. The average Bonchev–Trinajstić information content (AvgIpc) is 3.30. The van der Waals surface area contributed by atoms with E-state index in [1.54, 1.807) is 0 Å². The Morgan fingerprint density at radius 2 is 1.10 bits per heavy atom. The first-order chi connectivity index (χ1) is 19.6. The number of benzene rings is 3. The Hall–Kier alpha value is -5.01. The summed E-state index contributed by atoms with van der Waals surface area (Å²) in [6.07, 6.45) is -0.873. The third-order valence-electron chi connectivity index (χ3n) is 6.00. The monoisotopic (exact) mass is 577 g/mol. The standard InChI is InChI=1S/C27H20F5N3O6/c28-21-22(29)24(31)26(25(32)23(21)30)41-20(38)11-34-18(36)9-33-19(37)10-35-27(39)40-12-17-15-7-3-1-5-13(15)14-6-2-4-8-16(14)17/h1-8,17H,9-12H2,(H,33,37)(H,34,36)(H,35,39). The number of rotatable bonds is 9. The van der Waals surface area contributed by atoms with Gasteiger partial charge in [0.2, 0.25) is 46.6 Å². The lowest BCUT2D eigenvalue weighted by atomic mass is 9.98. The summed E-state index contributed by atoms with van der Waals surface area (Å²) in [5, 5.41) is 6.30. The number of fused-ring (bicyclic) bond motifs is 3. The van der Waals surface area contributed by atoms with Crippen molar-refractivity contribution in [1.29, 1.82) is 0 Å². The molecule has 0 saturated carbocycles. The molecule has 0 aromatic heterocycles. The average molecular weight is 577 g/mol. The molecular weight excluding hydrogens is 557 g/mol. The molecule has 214 valence electrons. The zero-order chi connectivity index (χ0) is 29.7. The molecule has 4 rings (SSSR count). The van der Waals surface area contributed by atoms with Crippen LogP contribution in [0, 0.1) is 29.1 Å². The minimum absolute atomic E-state index is 0.0188. The van der Waals surface area contributed by atoms with Gasteiger partial charge in [0.15, 0.2) is 0 Å². The highest BCUT2D eigenvalue weighted by Crippen LogP contribution is 2.44. The van der Waals surface area contributed by atoms with Crippen LogP contribution in [0.4, 0.5) is 26.7 Å². The van der Waals surface area contributed by atoms with Crippen LogP contribution in [0.2, 0.25) is 0 Å². The summed E-state index contributed by atoms with van der Waals surface area (Å²) in [4.78, 5) is 47.6. The Bertz CT molecular complexity index is 1460. The first-order valence-electron chi connectivity index (χ1n) is 11.9. The molecule has 0 saturated heterocycles. The number of carbonyl (C=O) groups excluding carboxylic acids is 4. The number of carbonyl (C=O) groups is 4. The van der Waals surface area contributed by atoms with Crippen LogP contribution < -0.4 is 20.7 Å². The fourth-order valence-electron chi connectivity index (χ4n) is 4.10. The van der Waals surface area contributed by atoms with Gasteiger partial charge in [0.05, 0.1) is 6.54 Å². The van der Waals surface area contributed by atoms with Gasteiger partial charge in [-0.3, -0.25) is 9.59 Å². The van der Waals surface area contributed by atoms with Gasteiger partial charge in [-0.2, -0.15) is 8.78 Å². The van der Waals surface area contributed by atoms with Gasteiger partial charge < -0.3 is 25.4 Å². The molecule has 3 N–H and O–H groups in total. The maximum Gasteiger partial charge on any atom is 0.407 e. The van der Waals surface area contributed by atoms with Crippen molar-refractivity contribution >= 4 is 23.9 Å². The molecule has 3 aromatic rings. The van der Waals surface area contributed by atoms with Crippen molar-refractivity contribution in [3.63, 3.8) is 0 Å². The van der Waals surface area contributed by atoms with Gasteiger partial charge in [0.25, 0.3) is 0 Å². The van der Waals surface area contributed by atoms with Gasteiger partial charge in [-0.25, -0.2) is 22.8 Å². The second-order valence-corrected chi connectivity index (χ2v) is 8.61. The Morgan fingerprint density at radius 1 is 0.634 bits per heavy atom. The molecule has 1 aliphatic carbocycles. The van der Waals surface area contributed by atoms with Crippen molar-refractivity contribution in [2.24, 2.45) is 0 Å². The SMILES string of the molecule is O=C(CNC(=O)CNC(=O)OCC1c2ccccc2-c2ccccc21)NCC(=O)Oc1c(F)c(F)c(F)c(F)c1F. The van der Waals surface area contributed by atoms with E-state index in [0.29, 0.717) is 0 Å². The van der Waals surface area contributed by atoms with E-state index in [9.17, 15) is 41.1 Å². The molecule has 0 spiro atoms. The van der Waals surface area contributed by atoms with E-state index in [4.69, 9.17) is 4.74 Å². The van der Waals surface area contributed by atoms with E-state index < -0.39 is 78.3 Å². The van der Waals surface area contributed by atoms with Crippen molar-refractivity contribution < 1.29 is 50.6 Å². The lowest BCUT2D eigenvalue weighted by Gasteiger charge is -2.14. The summed E-state index contributed by atoms with van der Waals surface area (Å²) >= 11 is 0. The van der Waals surface area contributed by atoms with Crippen molar-refractivity contribution in [2.45, 2.75) is 5.92 Å². The number of alkyl carbamates (subject to hydrolysis) is 1. The van der Waals surface area contributed by atoms with Gasteiger partial charge in [0, 0.05) is 5.92 Å². The molecule has 0 radical (unpaired) electrons. The molecule has 14 heteroatoms. The molecular formula is C27H20F5N3O6. The van der Waals surface area contributed by atoms with Gasteiger partial charge in [-0.1, -0.05) is 48.5 Å². The van der Waals surface area contributed by atoms with Crippen LogP contribution in [0.25, 0.3) is 11.1 Å². The lowest BCUT2D eigenvalue weighted by molar-refractivity contribution is -0.136. The van der Waals surface area contributed by atoms with Gasteiger partial charge in [-0.05, 0) is 22.3 Å². The van der Waals surface area contributed by atoms with Gasteiger partial charge >= 0.3 is 12.1 Å². The summed E-state index contributed by atoms with van der Waals surface area (Å²) in [6.45, 7) is -2.23. The summed E-state index contributed by atoms with van der Waals surface area (Å²) in [5.74, 6) is -17.1. The summed E-state index contributed by atoms with van der Waals surface area (Å²) in [6, 6.07) is 15.4. The van der Waals surface area contributed by atoms with Crippen LogP contribution in [0.3, 0.4) is 0 Å². The maximum atomic E-state index is 13.6. The Balaban J connectivity index is 1.17. The molecule has 0 bridgehead atoms. The van der Waals surface area contributed by atoms with Crippen LogP contribution in [0.1, 0.15) is 17.0 Å². The molecule has 3 amide bonds. The van der Waals surface area contributed by atoms with Crippen molar-refractivity contribution in [1.82, 2.24) is 16.0 Å². The zero-order valence-electron chi connectivity index (χ0n) is 20.9. The van der Waals surface area contributed by atoms with Crippen molar-refractivity contribution in [3.05, 3.63) is 88.7 Å². The Labute approximate surface area is 228 Å². The smallest absolute Gasteiger partial charge is 0.407 e. The number of halogens is 5. The highest BCUT2D eigenvalue weighted by molar-refractivity contribution is 5.89. The van der Waals surface area contributed by atoms with E-state index in [2.05, 4.69) is 15.4 Å². The van der Waals surface area contributed by atoms with Crippen LogP contribution in [0.15, 0.2) is 48.5 Å². The normalized spacial score (nSPS) is 11.7. The predicted molar refractivity (Wildman–Crippen MR) is 131 cm³/mol. The topological polar surface area (TPSA) is 123 Å². The molecule has 41 heavy (non-hydrogen) atoms. The first-order valence-corrected chi connectivity index (χ1v) is 11.9. The molecule has 3 aromatic carbocycles. The number of ether oxygens (including phenoxy) is 2. The van der Waals surface area contributed by atoms with Crippen LogP contribution in [-0.4, -0.2) is 50.1 Å². The number of nitrogens with one attached hydrogen (secondary N) is 3. The third kappa shape index (κ3) is 6.42. The van der Waals surface area contributed by atoms with Crippen molar-refractivity contribution in [3.8, 4) is 16.9 Å². The third-order valence-corrected chi connectivity index (χ3v) is 6.00. The maximum absolute atomic E-state index is 13.6. The van der Waals surface area contributed by atoms with E-state index in [1.807, 2.05) is 53.8 Å². The summed E-state index contributed by atoms with van der Waals surface area (Å²) in [5.41, 5.74) is 4.09. The van der Waals surface area contributed by atoms with E-state index in [-0.39, 0.29) is 12.5 Å². The van der Waals surface area contributed by atoms with E-state index >= 15 is 0 Å².